The quantitative estimate of drug-likeness (QED) is 0.307. The third kappa shape index (κ3) is 6.90. The molecule has 12 nitrogen and oxygen atoms in total. The maximum Gasteiger partial charge on any atom is 0.228 e. The Morgan fingerprint density at radius 3 is 2.49 bits per heavy atom. The monoisotopic (exact) mass is 559 g/mol. The van der Waals surface area contributed by atoms with Crippen LogP contribution in [0.2, 0.25) is 0 Å². The largest absolute Gasteiger partial charge is 0.657 e. The van der Waals surface area contributed by atoms with Crippen LogP contribution in [0.3, 0.4) is 0 Å². The zero-order valence-electron chi connectivity index (χ0n) is 17.9. The Balaban J connectivity index is 0.000000534. The molecule has 0 atom stereocenters. The van der Waals surface area contributed by atoms with Gasteiger partial charge in [0.25, 0.3) is 0 Å². The Labute approximate surface area is 221 Å². The molecule has 4 aromatic rings. The summed E-state index contributed by atoms with van der Waals surface area (Å²) in [4.78, 5) is 4.13. The predicted octanol–water partition coefficient (Wildman–Crippen LogP) is 0.920. The number of hydrogen-bond donors (Lipinski definition) is 3. The van der Waals surface area contributed by atoms with E-state index in [1.165, 1.54) is 17.4 Å². The number of aromatic amines is 1. The number of nitrogens with one attached hydrogen (secondary N) is 1. The molecule has 0 bridgehead atoms. The minimum Gasteiger partial charge on any atom is -0.657 e. The van der Waals surface area contributed by atoms with Crippen molar-refractivity contribution in [1.29, 1.82) is 0 Å². The average molecular weight is 559 g/mol. The summed E-state index contributed by atoms with van der Waals surface area (Å²) in [5, 5.41) is 22.9. The van der Waals surface area contributed by atoms with Crippen molar-refractivity contribution in [3.8, 4) is 22.5 Å². The first-order chi connectivity index (χ1) is 15.2. The van der Waals surface area contributed by atoms with Crippen LogP contribution in [0, 0.1) is 6.07 Å². The van der Waals surface area contributed by atoms with Gasteiger partial charge in [0.15, 0.2) is 11.0 Å². The number of alkyl halides is 2. The number of para-hydroxylation sites is 1. The molecule has 0 aliphatic carbocycles. The van der Waals surface area contributed by atoms with E-state index in [-0.39, 0.29) is 66.0 Å². The molecule has 1 aliphatic heterocycles. The molecule has 17 heteroatoms. The molecular weight excluding hydrogens is 539 g/mol. The van der Waals surface area contributed by atoms with Gasteiger partial charge < -0.3 is 22.0 Å². The van der Waals surface area contributed by atoms with Gasteiger partial charge in [-0.1, -0.05) is 40.8 Å². The van der Waals surface area contributed by atoms with Gasteiger partial charge in [-0.15, -0.1) is 22.3 Å². The first-order valence-corrected chi connectivity index (χ1v) is 11.5. The number of hydrogen-bond acceptors (Lipinski definition) is 8. The van der Waals surface area contributed by atoms with Gasteiger partial charge >= 0.3 is 0 Å². The molecule has 0 saturated carbocycles. The van der Waals surface area contributed by atoms with Crippen molar-refractivity contribution in [1.82, 2.24) is 25.6 Å². The van der Waals surface area contributed by atoms with Gasteiger partial charge in [0.05, 0.1) is 10.2 Å². The van der Waals surface area contributed by atoms with E-state index in [1.807, 2.05) is 18.2 Å². The van der Waals surface area contributed by atoms with Crippen molar-refractivity contribution in [3.05, 3.63) is 41.7 Å². The van der Waals surface area contributed by atoms with Crippen molar-refractivity contribution in [2.45, 2.75) is 17.2 Å². The Bertz CT molecular complexity index is 1360. The smallest absolute Gasteiger partial charge is 0.228 e. The van der Waals surface area contributed by atoms with Gasteiger partial charge in [0, 0.05) is 25.8 Å². The van der Waals surface area contributed by atoms with Gasteiger partial charge in [-0.3, -0.25) is 0 Å². The van der Waals surface area contributed by atoms with Crippen LogP contribution in [0.25, 0.3) is 38.0 Å². The number of nitrogen functional groups attached to an aromatic ring is 1. The molecule has 2 aromatic carbocycles. The van der Waals surface area contributed by atoms with Crippen LogP contribution in [-0.4, -0.2) is 64.0 Å². The Morgan fingerprint density at radius 1 is 1.20 bits per heavy atom. The third-order valence-electron chi connectivity index (χ3n) is 4.52. The number of fused-ring (bicyclic) bond motifs is 1. The summed E-state index contributed by atoms with van der Waals surface area (Å²) in [5.74, 6) is -2.38. The zero-order chi connectivity index (χ0) is 22.9. The van der Waals surface area contributed by atoms with Crippen LogP contribution in [0.15, 0.2) is 35.2 Å². The molecule has 3 heterocycles. The minimum atomic E-state index is -4.06. The summed E-state index contributed by atoms with van der Waals surface area (Å²) in [6.07, 6.45) is -0.0486. The summed E-state index contributed by atoms with van der Waals surface area (Å²) in [6, 6.07) is 11.4. The molecule has 0 amide bonds. The topological polar surface area (TPSA) is 231 Å². The Hall–Kier alpha value is -2.28. The van der Waals surface area contributed by atoms with Crippen LogP contribution >= 0.6 is 11.3 Å². The van der Waals surface area contributed by atoms with E-state index in [9.17, 15) is 17.2 Å². The van der Waals surface area contributed by atoms with Gasteiger partial charge in [0.1, 0.15) is 0 Å². The molecule has 1 saturated heterocycles. The number of nitrogens with zero attached hydrogens (tertiary/aromatic N) is 5. The van der Waals surface area contributed by atoms with E-state index in [0.29, 0.717) is 28.3 Å². The molecule has 5 rings (SSSR count). The molecule has 9 N–H and O–H groups in total. The van der Waals surface area contributed by atoms with Crippen molar-refractivity contribution in [2.24, 2.45) is 5.14 Å². The number of rotatable bonds is 3. The van der Waals surface area contributed by atoms with Gasteiger partial charge in [-0.25, -0.2) is 27.3 Å². The molecule has 1 aliphatic rings. The number of nitrogens with two attached hydrogens (primary N) is 2. The van der Waals surface area contributed by atoms with E-state index >= 15 is 0 Å². The fourth-order valence-corrected chi connectivity index (χ4v) is 4.64. The number of halogens is 2. The van der Waals surface area contributed by atoms with E-state index in [4.69, 9.17) is 10.9 Å². The summed E-state index contributed by atoms with van der Waals surface area (Å²) in [5.41, 5.74) is 7.90. The van der Waals surface area contributed by atoms with Crippen LogP contribution in [0.5, 0.6) is 0 Å². The number of primary sulfonamides is 1. The molecule has 1 fully saturated rings. The molecule has 0 spiro atoms. The SMILES string of the molecule is FC1(F)CC[N-]C1.Nc1nc2c(-c3cc[c-]c(S(N)(=O)=O)c3-c3nn[nH]n3)cccc2s1.O.O.[Sc]. The maximum atomic E-state index is 12.0. The summed E-state index contributed by atoms with van der Waals surface area (Å²) in [6.45, 7) is 0.0833. The van der Waals surface area contributed by atoms with E-state index < -0.39 is 15.9 Å². The second-order valence-electron chi connectivity index (χ2n) is 6.79. The van der Waals surface area contributed by atoms with Crippen molar-refractivity contribution in [3.63, 3.8) is 0 Å². The normalized spacial score (nSPS) is 14.1. The summed E-state index contributed by atoms with van der Waals surface area (Å²) < 4.78 is 48.6. The second kappa shape index (κ2) is 12.1. The van der Waals surface area contributed by atoms with Crippen LogP contribution in [0.1, 0.15) is 6.42 Å². The maximum absolute atomic E-state index is 12.0. The molecule has 2 aromatic heterocycles. The molecule has 1 radical (unpaired) electrons. The number of thiazole rings is 1. The average Bonchev–Trinajstić information content (AvgIpc) is 3.47. The molecule has 187 valence electrons. The van der Waals surface area contributed by atoms with E-state index in [0.717, 1.165) is 4.70 Å². The summed E-state index contributed by atoms with van der Waals surface area (Å²) in [7, 11) is -4.06. The third-order valence-corrected chi connectivity index (χ3v) is 6.26. The van der Waals surface area contributed by atoms with Crippen molar-refractivity contribution < 1.29 is 54.0 Å². The van der Waals surface area contributed by atoms with Gasteiger partial charge in [0.2, 0.25) is 15.9 Å². The van der Waals surface area contributed by atoms with Crippen LogP contribution in [0.4, 0.5) is 13.9 Å². The zero-order valence-corrected chi connectivity index (χ0v) is 21.3. The number of tetrazole rings is 1. The van der Waals surface area contributed by atoms with Crippen LogP contribution < -0.4 is 10.9 Å². The van der Waals surface area contributed by atoms with E-state index in [2.05, 4.69) is 37.0 Å². The van der Waals surface area contributed by atoms with Gasteiger partial charge in [-0.05, 0) is 22.9 Å². The Kier molecular flexibility index (Phi) is 10.6. The van der Waals surface area contributed by atoms with Gasteiger partial charge in [-0.2, -0.15) is 23.4 Å². The number of H-pyrrole nitrogens is 1. The molecule has 35 heavy (non-hydrogen) atoms. The Morgan fingerprint density at radius 2 is 1.94 bits per heavy atom. The standard InChI is InChI=1S/C14H10N7O2S2.C4H6F2N.2H2O.Sc/c15-14-17-12-8(4-1-5-9(12)24-14)7-3-2-6-10(25(16,22)23)11(7)13-18-20-21-19-13;5-4(6)1-2-7-3-4;;;/h1-5H,(H2,15,17)(H2,16,22,23)(H,18,19,20,21);1-3H2;2*1H2;/q2*-1;;;. The number of benzene rings is 2. The fourth-order valence-electron chi connectivity index (χ4n) is 3.16. The van der Waals surface area contributed by atoms with Crippen molar-refractivity contribution in [2.75, 3.05) is 18.8 Å². The number of sulfonamides is 1. The van der Waals surface area contributed by atoms with E-state index in [1.54, 1.807) is 6.07 Å². The first-order valence-electron chi connectivity index (χ1n) is 9.13. The second-order valence-corrected chi connectivity index (χ2v) is 9.35. The summed E-state index contributed by atoms with van der Waals surface area (Å²) >= 11 is 1.34. The fraction of sp³-hybridized carbons (Fsp3) is 0.222. The number of aromatic nitrogens is 5. The minimum absolute atomic E-state index is 0. The van der Waals surface area contributed by atoms with Crippen molar-refractivity contribution >= 4 is 36.7 Å². The molecular formula is C18H20F2N8O4S2Sc-2. The molecule has 0 unspecified atom stereocenters. The predicted molar refractivity (Wildman–Crippen MR) is 123 cm³/mol. The van der Waals surface area contributed by atoms with Crippen LogP contribution in [-0.2, 0) is 35.9 Å². The first kappa shape index (κ1) is 30.8. The number of anilines is 1.